The highest BCUT2D eigenvalue weighted by molar-refractivity contribution is 6.75. The van der Waals surface area contributed by atoms with Crippen LogP contribution in [0, 0.1) is 0 Å². The minimum absolute atomic E-state index is 0.0754. The van der Waals surface area contributed by atoms with Gasteiger partial charge >= 0.3 is 0 Å². The zero-order chi connectivity index (χ0) is 26.3. The van der Waals surface area contributed by atoms with E-state index in [0.29, 0.717) is 19.4 Å². The molecule has 1 unspecified atom stereocenters. The maximum atomic E-state index is 12.9. The average Bonchev–Trinajstić information content (AvgIpc) is 2.53. The number of carbonyl (C=O) groups excluding carboxylic acids is 1. The first-order chi connectivity index (χ1) is 14.4. The fourth-order valence-corrected chi connectivity index (χ4v) is 6.55. The molecule has 0 bridgehead atoms. The van der Waals surface area contributed by atoms with Crippen LogP contribution >= 0.6 is 0 Å². The predicted octanol–water partition coefficient (Wildman–Crippen LogP) is 8.08. The number of rotatable bonds is 7. The van der Waals surface area contributed by atoms with Crippen molar-refractivity contribution in [3.05, 3.63) is 11.6 Å². The molecule has 194 valence electrons. The molecule has 33 heavy (non-hydrogen) atoms. The predicted molar refractivity (Wildman–Crippen MR) is 150 cm³/mol. The summed E-state index contributed by atoms with van der Waals surface area (Å²) in [6.45, 7) is 34.4. The third-order valence-corrected chi connectivity index (χ3v) is 22.1. The summed E-state index contributed by atoms with van der Waals surface area (Å²) in [5.74, 6) is 0.241. The smallest absolute Gasteiger partial charge is 0.192 e. The van der Waals surface area contributed by atoms with E-state index >= 15 is 0 Å². The summed E-state index contributed by atoms with van der Waals surface area (Å²) in [6.07, 6.45) is 2.64. The first-order valence-corrected chi connectivity index (χ1v) is 21.3. The molecule has 1 saturated carbocycles. The van der Waals surface area contributed by atoms with Crippen molar-refractivity contribution in [2.45, 2.75) is 142 Å². The monoisotopic (exact) mass is 514 g/mol. The van der Waals surface area contributed by atoms with E-state index in [4.69, 9.17) is 13.3 Å². The van der Waals surface area contributed by atoms with Gasteiger partial charge in [0.2, 0.25) is 0 Å². The summed E-state index contributed by atoms with van der Waals surface area (Å²) in [7, 11) is -6.00. The van der Waals surface area contributed by atoms with Crippen LogP contribution in [0.5, 0.6) is 0 Å². The molecule has 0 radical (unpaired) electrons. The summed E-state index contributed by atoms with van der Waals surface area (Å²) < 4.78 is 20.2. The lowest BCUT2D eigenvalue weighted by Crippen LogP contribution is -2.51. The van der Waals surface area contributed by atoms with Crippen molar-refractivity contribution in [3.8, 4) is 0 Å². The maximum absolute atomic E-state index is 12.9. The van der Waals surface area contributed by atoms with Gasteiger partial charge in [-0.25, -0.2) is 0 Å². The third kappa shape index (κ3) is 7.97. The van der Waals surface area contributed by atoms with E-state index in [1.807, 2.05) is 0 Å². The molecule has 1 aliphatic carbocycles. The second-order valence-corrected chi connectivity index (χ2v) is 28.8. The van der Waals surface area contributed by atoms with E-state index in [0.717, 1.165) is 5.57 Å². The topological polar surface area (TPSA) is 44.8 Å². The van der Waals surface area contributed by atoms with Gasteiger partial charge in [0.1, 0.15) is 5.78 Å². The Bertz CT molecular complexity index is 677. The van der Waals surface area contributed by atoms with Gasteiger partial charge in [0.25, 0.3) is 0 Å². The van der Waals surface area contributed by atoms with Gasteiger partial charge in [0.15, 0.2) is 25.0 Å². The SMILES string of the molecule is CC(C)(C)[Si](C)(C)OC/C=C1\C(O[Si](C)(C)C(C)(C)C)CC(=O)C[C@H]1O[Si](C)(C)C(C)(C)C. The molecule has 0 aromatic carbocycles. The largest absolute Gasteiger partial charge is 0.413 e. The molecule has 7 heteroatoms. The van der Waals surface area contributed by atoms with E-state index < -0.39 is 25.0 Å². The van der Waals surface area contributed by atoms with Crippen molar-refractivity contribution < 1.29 is 18.1 Å². The van der Waals surface area contributed by atoms with E-state index in [-0.39, 0.29) is 33.1 Å². The number of Topliss-reactive ketones (excluding diaryl/α,β-unsaturated/α-hetero) is 1. The molecule has 0 aromatic rings. The average molecular weight is 515 g/mol. The fraction of sp³-hybridized carbons (Fsp3) is 0.885. The Balaban J connectivity index is 3.36. The molecule has 4 nitrogen and oxygen atoms in total. The lowest BCUT2D eigenvalue weighted by Gasteiger charge is -2.45. The van der Waals surface area contributed by atoms with Gasteiger partial charge in [-0.2, -0.15) is 0 Å². The highest BCUT2D eigenvalue weighted by Gasteiger charge is 2.46. The van der Waals surface area contributed by atoms with Gasteiger partial charge in [-0.05, 0) is 60.0 Å². The van der Waals surface area contributed by atoms with Crippen LogP contribution < -0.4 is 0 Å². The minimum Gasteiger partial charge on any atom is -0.413 e. The zero-order valence-corrected chi connectivity index (χ0v) is 27.5. The number of ketones is 1. The molecule has 0 aliphatic heterocycles. The van der Waals surface area contributed by atoms with Gasteiger partial charge in [0.05, 0.1) is 18.8 Å². The quantitative estimate of drug-likeness (QED) is 0.254. The molecule has 0 aromatic heterocycles. The first-order valence-electron chi connectivity index (χ1n) is 12.6. The Kier molecular flexibility index (Phi) is 9.51. The van der Waals surface area contributed by atoms with Gasteiger partial charge in [-0.15, -0.1) is 0 Å². The van der Waals surface area contributed by atoms with Crippen LogP contribution in [0.25, 0.3) is 0 Å². The molecule has 0 N–H and O–H groups in total. The molecule has 2 atom stereocenters. The van der Waals surface area contributed by atoms with Crippen molar-refractivity contribution in [1.82, 2.24) is 0 Å². The third-order valence-electron chi connectivity index (χ3n) is 8.63. The molecule has 0 spiro atoms. The van der Waals surface area contributed by atoms with Crippen molar-refractivity contribution in [2.24, 2.45) is 0 Å². The van der Waals surface area contributed by atoms with Crippen LogP contribution in [0.1, 0.15) is 75.2 Å². The zero-order valence-electron chi connectivity index (χ0n) is 24.5. The van der Waals surface area contributed by atoms with Gasteiger partial charge in [-0.1, -0.05) is 68.4 Å². The molecule has 0 saturated heterocycles. The molecule has 0 amide bonds. The number of hydrogen-bond donors (Lipinski definition) is 0. The second kappa shape index (κ2) is 10.1. The van der Waals surface area contributed by atoms with Crippen LogP contribution in [0.3, 0.4) is 0 Å². The Labute approximate surface area is 208 Å². The highest BCUT2D eigenvalue weighted by Crippen LogP contribution is 2.43. The van der Waals surface area contributed by atoms with Crippen LogP contribution in [-0.2, 0) is 18.1 Å². The minimum atomic E-state index is -2.06. The molecule has 0 heterocycles. The Morgan fingerprint density at radius 3 is 1.33 bits per heavy atom. The normalized spacial score (nSPS) is 23.4. The van der Waals surface area contributed by atoms with E-state index in [2.05, 4.69) is 108 Å². The Morgan fingerprint density at radius 1 is 0.697 bits per heavy atom. The van der Waals surface area contributed by atoms with Gasteiger partial charge < -0.3 is 13.3 Å². The van der Waals surface area contributed by atoms with E-state index in [1.165, 1.54) is 0 Å². The summed E-state index contributed by atoms with van der Waals surface area (Å²) in [5, 5.41) is 0.306. The van der Waals surface area contributed by atoms with E-state index in [9.17, 15) is 4.79 Å². The molecule has 1 fully saturated rings. The van der Waals surface area contributed by atoms with Crippen LogP contribution in [0.2, 0.25) is 54.4 Å². The van der Waals surface area contributed by atoms with Crippen LogP contribution in [0.4, 0.5) is 0 Å². The summed E-state index contributed by atoms with van der Waals surface area (Å²) in [4.78, 5) is 12.9. The Morgan fingerprint density at radius 2 is 1.03 bits per heavy atom. The summed E-state index contributed by atoms with van der Waals surface area (Å²) in [6, 6.07) is 0. The number of hydrogen-bond acceptors (Lipinski definition) is 4. The number of carbonyl (C=O) groups is 1. The van der Waals surface area contributed by atoms with Crippen molar-refractivity contribution in [1.29, 1.82) is 0 Å². The summed E-state index contributed by atoms with van der Waals surface area (Å²) >= 11 is 0. The van der Waals surface area contributed by atoms with Crippen molar-refractivity contribution in [2.75, 3.05) is 6.61 Å². The van der Waals surface area contributed by atoms with Crippen LogP contribution in [0.15, 0.2) is 11.6 Å². The molecular formula is C26H54O4Si3. The Hall–Kier alpha value is -0.0594. The van der Waals surface area contributed by atoms with Crippen molar-refractivity contribution in [3.63, 3.8) is 0 Å². The lowest BCUT2D eigenvalue weighted by atomic mass is 9.88. The molecular weight excluding hydrogens is 461 g/mol. The van der Waals surface area contributed by atoms with Crippen LogP contribution in [-0.4, -0.2) is 49.6 Å². The first kappa shape index (κ1) is 31.0. The lowest BCUT2D eigenvalue weighted by molar-refractivity contribution is -0.123. The van der Waals surface area contributed by atoms with Crippen molar-refractivity contribution >= 4 is 30.7 Å². The highest BCUT2D eigenvalue weighted by atomic mass is 28.4. The molecule has 1 aliphatic rings. The van der Waals surface area contributed by atoms with Gasteiger partial charge in [-0.3, -0.25) is 4.79 Å². The van der Waals surface area contributed by atoms with E-state index in [1.54, 1.807) is 0 Å². The fourth-order valence-electron chi connectivity index (χ4n) is 3.05. The summed E-state index contributed by atoms with van der Waals surface area (Å²) in [5.41, 5.74) is 1.13. The molecule has 1 rings (SSSR count). The second-order valence-electron chi connectivity index (χ2n) is 14.5. The standard InChI is InChI=1S/C26H54O4Si3/c1-24(2,3)31(10,11)28-17-16-21-22(29-32(12,13)25(4,5)6)18-20(27)19-23(21)30-33(14,15)26(7,8)9/h16,22-23H,17-19H2,1-15H3/b21-16-/t22-,23?/m1/s1. The maximum Gasteiger partial charge on any atom is 0.192 e. The van der Waals surface area contributed by atoms with Gasteiger partial charge in [0, 0.05) is 12.8 Å².